The summed E-state index contributed by atoms with van der Waals surface area (Å²) in [4.78, 5) is 34.6. The van der Waals surface area contributed by atoms with Crippen molar-refractivity contribution in [3.63, 3.8) is 0 Å². The predicted octanol–water partition coefficient (Wildman–Crippen LogP) is 3.30. The van der Waals surface area contributed by atoms with Crippen molar-refractivity contribution < 1.29 is 23.9 Å². The van der Waals surface area contributed by atoms with Crippen LogP contribution in [-0.2, 0) is 9.59 Å². The Kier molecular flexibility index (Phi) is 6.59. The smallest absolute Gasteiger partial charge is 0.311 e. The molecule has 1 aromatic carbocycles. The molecule has 0 heterocycles. The summed E-state index contributed by atoms with van der Waals surface area (Å²) < 4.78 is 10.3. The van der Waals surface area contributed by atoms with Crippen LogP contribution < -0.4 is 9.47 Å². The second-order valence-corrected chi connectivity index (χ2v) is 4.66. The zero-order chi connectivity index (χ0) is 15.8. The van der Waals surface area contributed by atoms with Gasteiger partial charge in [0.25, 0.3) is 0 Å². The SMILES string of the molecule is CCCC(=O)Oc1ccc(OC(=O)CCC)c(C(C)=O)c1. The maximum Gasteiger partial charge on any atom is 0.311 e. The van der Waals surface area contributed by atoms with Crippen LogP contribution >= 0.6 is 0 Å². The van der Waals surface area contributed by atoms with E-state index in [9.17, 15) is 14.4 Å². The fourth-order valence-corrected chi connectivity index (χ4v) is 1.70. The van der Waals surface area contributed by atoms with E-state index in [1.54, 1.807) is 0 Å². The maximum atomic E-state index is 11.6. The Balaban J connectivity index is 2.94. The third-order valence-corrected chi connectivity index (χ3v) is 2.69. The first-order valence-electron chi connectivity index (χ1n) is 7.04. The van der Waals surface area contributed by atoms with E-state index in [0.29, 0.717) is 19.3 Å². The number of rotatable bonds is 7. The van der Waals surface area contributed by atoms with Crippen LogP contribution in [-0.4, -0.2) is 17.7 Å². The summed E-state index contributed by atoms with van der Waals surface area (Å²) in [7, 11) is 0. The van der Waals surface area contributed by atoms with Crippen LogP contribution in [0.3, 0.4) is 0 Å². The van der Waals surface area contributed by atoms with Gasteiger partial charge in [0.1, 0.15) is 11.5 Å². The molecule has 0 radical (unpaired) electrons. The molecule has 1 aromatic rings. The predicted molar refractivity (Wildman–Crippen MR) is 77.5 cm³/mol. The topological polar surface area (TPSA) is 69.7 Å². The standard InChI is InChI=1S/C16H20O5/c1-4-6-15(18)20-12-8-9-14(13(10-12)11(3)17)21-16(19)7-5-2/h8-10H,4-7H2,1-3H3. The summed E-state index contributed by atoms with van der Waals surface area (Å²) in [5.74, 6) is -0.550. The first-order valence-corrected chi connectivity index (χ1v) is 7.04. The number of Topliss-reactive ketones (excluding diaryl/α,β-unsaturated/α-hetero) is 1. The zero-order valence-electron chi connectivity index (χ0n) is 12.6. The van der Waals surface area contributed by atoms with Gasteiger partial charge in [-0.2, -0.15) is 0 Å². The van der Waals surface area contributed by atoms with Gasteiger partial charge in [-0.15, -0.1) is 0 Å². The van der Waals surface area contributed by atoms with Gasteiger partial charge in [-0.1, -0.05) is 13.8 Å². The highest BCUT2D eigenvalue weighted by Gasteiger charge is 2.14. The average molecular weight is 292 g/mol. The molecule has 1 rings (SSSR count). The van der Waals surface area contributed by atoms with Crippen molar-refractivity contribution >= 4 is 17.7 Å². The molecule has 0 atom stereocenters. The van der Waals surface area contributed by atoms with Crippen molar-refractivity contribution in [3.8, 4) is 11.5 Å². The van der Waals surface area contributed by atoms with Crippen LogP contribution in [0.2, 0.25) is 0 Å². The van der Waals surface area contributed by atoms with Crippen LogP contribution in [0.4, 0.5) is 0 Å². The van der Waals surface area contributed by atoms with Gasteiger partial charge in [0.15, 0.2) is 5.78 Å². The number of esters is 2. The van der Waals surface area contributed by atoms with Crippen LogP contribution in [0.5, 0.6) is 11.5 Å². The van der Waals surface area contributed by atoms with Gasteiger partial charge in [0.05, 0.1) is 5.56 Å². The number of benzene rings is 1. The second-order valence-electron chi connectivity index (χ2n) is 4.66. The highest BCUT2D eigenvalue weighted by atomic mass is 16.5. The molecule has 21 heavy (non-hydrogen) atoms. The average Bonchev–Trinajstić information content (AvgIpc) is 2.40. The summed E-state index contributed by atoms with van der Waals surface area (Å²) in [6.45, 7) is 5.10. The Morgan fingerprint density at radius 3 is 2.05 bits per heavy atom. The lowest BCUT2D eigenvalue weighted by atomic mass is 10.1. The van der Waals surface area contributed by atoms with Gasteiger partial charge in [-0.05, 0) is 38.0 Å². The Labute approximate surface area is 124 Å². The van der Waals surface area contributed by atoms with Gasteiger partial charge < -0.3 is 9.47 Å². The van der Waals surface area contributed by atoms with Crippen molar-refractivity contribution in [3.05, 3.63) is 23.8 Å². The van der Waals surface area contributed by atoms with Crippen molar-refractivity contribution in [1.29, 1.82) is 0 Å². The third-order valence-electron chi connectivity index (χ3n) is 2.69. The van der Waals surface area contributed by atoms with Crippen LogP contribution in [0.25, 0.3) is 0 Å². The van der Waals surface area contributed by atoms with Crippen molar-refractivity contribution in [1.82, 2.24) is 0 Å². The Morgan fingerprint density at radius 2 is 1.52 bits per heavy atom. The minimum absolute atomic E-state index is 0.191. The second kappa shape index (κ2) is 8.19. The molecule has 0 spiro atoms. The number of carbonyl (C=O) groups excluding carboxylic acids is 3. The van der Waals surface area contributed by atoms with Crippen molar-refractivity contribution in [2.24, 2.45) is 0 Å². The fraction of sp³-hybridized carbons (Fsp3) is 0.438. The lowest BCUT2D eigenvalue weighted by molar-refractivity contribution is -0.135. The minimum atomic E-state index is -0.393. The van der Waals surface area contributed by atoms with Crippen LogP contribution in [0.1, 0.15) is 56.8 Å². The summed E-state index contributed by atoms with van der Waals surface area (Å²) in [6.07, 6.45) is 1.94. The maximum absolute atomic E-state index is 11.6. The van der Waals surface area contributed by atoms with Crippen LogP contribution in [0, 0.1) is 0 Å². The van der Waals surface area contributed by atoms with Crippen molar-refractivity contribution in [2.75, 3.05) is 0 Å². The van der Waals surface area contributed by atoms with E-state index in [2.05, 4.69) is 0 Å². The first kappa shape index (κ1) is 16.9. The molecule has 0 aliphatic rings. The highest BCUT2D eigenvalue weighted by molar-refractivity contribution is 5.98. The minimum Gasteiger partial charge on any atom is -0.427 e. The number of ketones is 1. The monoisotopic (exact) mass is 292 g/mol. The normalized spacial score (nSPS) is 10.0. The Hall–Kier alpha value is -2.17. The van der Waals surface area contributed by atoms with E-state index in [4.69, 9.17) is 9.47 Å². The molecular formula is C16H20O5. The first-order chi connectivity index (χ1) is 9.97. The summed E-state index contributed by atoms with van der Waals surface area (Å²) in [5.41, 5.74) is 0.223. The molecule has 0 aliphatic heterocycles. The Morgan fingerprint density at radius 1 is 0.952 bits per heavy atom. The van der Waals surface area contributed by atoms with E-state index in [0.717, 1.165) is 0 Å². The van der Waals surface area contributed by atoms with Gasteiger partial charge in [0, 0.05) is 12.8 Å². The van der Waals surface area contributed by atoms with Gasteiger partial charge in [0.2, 0.25) is 0 Å². The molecule has 0 aliphatic carbocycles. The number of ether oxygens (including phenoxy) is 2. The molecule has 0 saturated heterocycles. The van der Waals surface area contributed by atoms with Crippen molar-refractivity contribution in [2.45, 2.75) is 46.5 Å². The lowest BCUT2D eigenvalue weighted by Gasteiger charge is -2.10. The molecule has 114 valence electrons. The van der Waals surface area contributed by atoms with Gasteiger partial charge >= 0.3 is 11.9 Å². The number of carbonyl (C=O) groups is 3. The largest absolute Gasteiger partial charge is 0.427 e. The molecule has 0 unspecified atom stereocenters. The van der Waals surface area contributed by atoms with Gasteiger partial charge in [-0.3, -0.25) is 14.4 Å². The molecule has 5 heteroatoms. The summed E-state index contributed by atoms with van der Waals surface area (Å²) >= 11 is 0. The Bertz CT molecular complexity index is 533. The quantitative estimate of drug-likeness (QED) is 0.438. The molecule has 0 fully saturated rings. The fourth-order valence-electron chi connectivity index (χ4n) is 1.70. The molecule has 0 bridgehead atoms. The lowest BCUT2D eigenvalue weighted by Crippen LogP contribution is -2.11. The van der Waals surface area contributed by atoms with E-state index in [1.165, 1.54) is 25.1 Å². The van der Waals surface area contributed by atoms with E-state index in [1.807, 2.05) is 13.8 Å². The van der Waals surface area contributed by atoms with E-state index in [-0.39, 0.29) is 35.2 Å². The van der Waals surface area contributed by atoms with Gasteiger partial charge in [-0.25, -0.2) is 0 Å². The summed E-state index contributed by atoms with van der Waals surface area (Å²) in [5, 5.41) is 0. The molecule has 0 aromatic heterocycles. The molecule has 5 nitrogen and oxygen atoms in total. The molecular weight excluding hydrogens is 272 g/mol. The number of hydrogen-bond acceptors (Lipinski definition) is 5. The number of hydrogen-bond donors (Lipinski definition) is 0. The third kappa shape index (κ3) is 5.38. The van der Waals surface area contributed by atoms with E-state index >= 15 is 0 Å². The van der Waals surface area contributed by atoms with E-state index < -0.39 is 5.97 Å². The van der Waals surface area contributed by atoms with Crippen LogP contribution in [0.15, 0.2) is 18.2 Å². The zero-order valence-corrected chi connectivity index (χ0v) is 12.6. The highest BCUT2D eigenvalue weighted by Crippen LogP contribution is 2.25. The molecule has 0 N–H and O–H groups in total. The molecule has 0 saturated carbocycles. The molecule has 0 amide bonds. The summed E-state index contributed by atoms with van der Waals surface area (Å²) in [6, 6.07) is 4.40.